The summed E-state index contributed by atoms with van der Waals surface area (Å²) in [6, 6.07) is 10.9. The minimum absolute atomic E-state index is 0.0198. The van der Waals surface area contributed by atoms with Crippen molar-refractivity contribution >= 4 is 23.2 Å². The Hall–Kier alpha value is -3.42. The first-order valence-corrected chi connectivity index (χ1v) is 8.56. The van der Waals surface area contributed by atoms with Crippen molar-refractivity contribution in [2.24, 2.45) is 5.73 Å². The molecule has 0 saturated carbocycles. The van der Waals surface area contributed by atoms with Crippen molar-refractivity contribution in [3.63, 3.8) is 0 Å². The maximum atomic E-state index is 12.6. The third-order valence-corrected chi connectivity index (χ3v) is 4.45. The molecule has 140 valence electrons. The molecule has 0 unspecified atom stereocenters. The number of nitro benzene ring substituents is 1. The molecule has 27 heavy (non-hydrogen) atoms. The molecule has 0 aromatic heterocycles. The van der Waals surface area contributed by atoms with Crippen molar-refractivity contribution in [3.05, 3.63) is 63.7 Å². The van der Waals surface area contributed by atoms with E-state index in [1.165, 1.54) is 24.3 Å². The molecular weight excluding hydrogens is 350 g/mol. The Kier molecular flexibility index (Phi) is 5.35. The van der Waals surface area contributed by atoms with E-state index in [2.05, 4.69) is 0 Å². The Morgan fingerprint density at radius 3 is 2.59 bits per heavy atom. The molecule has 2 aromatic carbocycles. The molecule has 0 radical (unpaired) electrons. The molecular formula is C19H19N3O5. The Balaban J connectivity index is 1.63. The highest BCUT2D eigenvalue weighted by molar-refractivity contribution is 6.00. The number of hydrogen-bond donors (Lipinski definition) is 1. The van der Waals surface area contributed by atoms with E-state index in [0.717, 1.165) is 17.7 Å². The first kappa shape index (κ1) is 18.4. The van der Waals surface area contributed by atoms with Gasteiger partial charge in [0.25, 0.3) is 5.69 Å². The number of nitrogens with two attached hydrogens (primary N) is 1. The molecule has 0 atom stereocenters. The van der Waals surface area contributed by atoms with Crippen molar-refractivity contribution in [3.8, 4) is 5.75 Å². The van der Waals surface area contributed by atoms with E-state index in [4.69, 9.17) is 10.5 Å². The van der Waals surface area contributed by atoms with Crippen LogP contribution in [0.5, 0.6) is 5.75 Å². The number of amides is 2. The molecule has 0 saturated heterocycles. The smallest absolute Gasteiger partial charge is 0.269 e. The van der Waals surface area contributed by atoms with Crippen molar-refractivity contribution in [2.75, 3.05) is 18.1 Å². The second-order valence-electron chi connectivity index (χ2n) is 6.17. The first-order chi connectivity index (χ1) is 13.0. The average molecular weight is 369 g/mol. The fourth-order valence-corrected chi connectivity index (χ4v) is 3.17. The Morgan fingerprint density at radius 1 is 1.19 bits per heavy atom. The number of benzene rings is 2. The number of rotatable bonds is 6. The molecule has 0 spiro atoms. The van der Waals surface area contributed by atoms with Gasteiger partial charge in [-0.1, -0.05) is 6.07 Å². The molecule has 2 amide bonds. The van der Waals surface area contributed by atoms with Crippen LogP contribution in [-0.2, 0) is 11.2 Å². The van der Waals surface area contributed by atoms with Crippen LogP contribution >= 0.6 is 0 Å². The van der Waals surface area contributed by atoms with Crippen LogP contribution in [0.25, 0.3) is 0 Å². The third-order valence-electron chi connectivity index (χ3n) is 4.45. The molecule has 2 aromatic rings. The van der Waals surface area contributed by atoms with Crippen molar-refractivity contribution in [1.29, 1.82) is 0 Å². The molecule has 0 aliphatic carbocycles. The normalized spacial score (nSPS) is 13.0. The minimum atomic E-state index is -0.498. The van der Waals surface area contributed by atoms with Crippen LogP contribution < -0.4 is 15.4 Å². The highest BCUT2D eigenvalue weighted by Crippen LogP contribution is 2.30. The standard InChI is InChI=1S/C19H19N3O5/c20-19(24)16-3-1-5-17-15(16)4-2-11-21(17)18(23)10-12-27-14-8-6-13(7-9-14)22(25)26/h1,3,5-9H,2,4,10-12H2,(H2,20,24). The monoisotopic (exact) mass is 369 g/mol. The summed E-state index contributed by atoms with van der Waals surface area (Å²) < 4.78 is 5.51. The number of carbonyl (C=O) groups excluding carboxylic acids is 2. The molecule has 3 rings (SSSR count). The summed E-state index contributed by atoms with van der Waals surface area (Å²) in [5.41, 5.74) is 7.39. The largest absolute Gasteiger partial charge is 0.493 e. The number of non-ortho nitro benzene ring substituents is 1. The van der Waals surface area contributed by atoms with Gasteiger partial charge in [-0.3, -0.25) is 19.7 Å². The maximum absolute atomic E-state index is 12.6. The van der Waals surface area contributed by atoms with Crippen LogP contribution in [0.4, 0.5) is 11.4 Å². The molecule has 1 aliphatic rings. The summed E-state index contributed by atoms with van der Waals surface area (Å²) in [7, 11) is 0. The van der Waals surface area contributed by atoms with Gasteiger partial charge in [0, 0.05) is 29.9 Å². The number of hydrogen-bond acceptors (Lipinski definition) is 5. The number of anilines is 1. The summed E-state index contributed by atoms with van der Waals surface area (Å²) in [6.07, 6.45) is 1.61. The van der Waals surface area contributed by atoms with Gasteiger partial charge in [0.05, 0.1) is 18.0 Å². The first-order valence-electron chi connectivity index (χ1n) is 8.56. The second kappa shape index (κ2) is 7.86. The van der Waals surface area contributed by atoms with Crippen molar-refractivity contribution in [2.45, 2.75) is 19.3 Å². The number of nitrogens with zero attached hydrogens (tertiary/aromatic N) is 2. The van der Waals surface area contributed by atoms with Gasteiger partial charge in [-0.25, -0.2) is 0 Å². The van der Waals surface area contributed by atoms with Crippen LogP contribution in [0.2, 0.25) is 0 Å². The summed E-state index contributed by atoms with van der Waals surface area (Å²) in [5.74, 6) is -0.148. The van der Waals surface area contributed by atoms with E-state index in [-0.39, 0.29) is 24.6 Å². The number of fused-ring (bicyclic) bond motifs is 1. The lowest BCUT2D eigenvalue weighted by atomic mass is 9.95. The zero-order chi connectivity index (χ0) is 19.4. The number of nitro groups is 1. The van der Waals surface area contributed by atoms with Gasteiger partial charge in [0.2, 0.25) is 11.8 Å². The van der Waals surface area contributed by atoms with Crippen LogP contribution in [0.3, 0.4) is 0 Å². The van der Waals surface area contributed by atoms with Gasteiger partial charge in [0.15, 0.2) is 0 Å². The van der Waals surface area contributed by atoms with Gasteiger partial charge in [-0.05, 0) is 42.7 Å². The van der Waals surface area contributed by atoms with Crippen molar-refractivity contribution in [1.82, 2.24) is 0 Å². The highest BCUT2D eigenvalue weighted by atomic mass is 16.6. The van der Waals surface area contributed by atoms with Crippen molar-refractivity contribution < 1.29 is 19.2 Å². The molecule has 0 bridgehead atoms. The fraction of sp³-hybridized carbons (Fsp3) is 0.263. The van der Waals surface area contributed by atoms with Crippen LogP contribution in [-0.4, -0.2) is 29.9 Å². The van der Waals surface area contributed by atoms with Gasteiger partial charge in [-0.15, -0.1) is 0 Å². The molecule has 0 fully saturated rings. The molecule has 1 heterocycles. The predicted octanol–water partition coefficient (Wildman–Crippen LogP) is 2.44. The Bertz CT molecular complexity index is 879. The van der Waals surface area contributed by atoms with E-state index >= 15 is 0 Å². The SMILES string of the molecule is NC(=O)c1cccc2c1CCCN2C(=O)CCOc1ccc([N+](=O)[O-])cc1. The Labute approximate surface area is 155 Å². The van der Waals surface area contributed by atoms with E-state index in [9.17, 15) is 19.7 Å². The zero-order valence-corrected chi connectivity index (χ0v) is 14.6. The Morgan fingerprint density at radius 2 is 1.93 bits per heavy atom. The summed E-state index contributed by atoms with van der Waals surface area (Å²) >= 11 is 0. The topological polar surface area (TPSA) is 116 Å². The zero-order valence-electron chi connectivity index (χ0n) is 14.6. The maximum Gasteiger partial charge on any atom is 0.269 e. The molecule has 8 heteroatoms. The minimum Gasteiger partial charge on any atom is -0.493 e. The van der Waals surface area contributed by atoms with Crippen LogP contribution in [0.1, 0.15) is 28.8 Å². The van der Waals surface area contributed by atoms with Gasteiger partial charge in [-0.2, -0.15) is 0 Å². The summed E-state index contributed by atoms with van der Waals surface area (Å²) in [6.45, 7) is 0.726. The molecule has 1 aliphatic heterocycles. The predicted molar refractivity (Wildman–Crippen MR) is 98.8 cm³/mol. The van der Waals surface area contributed by atoms with E-state index in [1.807, 2.05) is 6.07 Å². The lowest BCUT2D eigenvalue weighted by Gasteiger charge is -2.30. The van der Waals surface area contributed by atoms with Crippen LogP contribution in [0, 0.1) is 10.1 Å². The van der Waals surface area contributed by atoms with Gasteiger partial charge >= 0.3 is 0 Å². The summed E-state index contributed by atoms with van der Waals surface area (Å²) in [4.78, 5) is 36.0. The molecule has 2 N–H and O–H groups in total. The number of carbonyl (C=O) groups is 2. The number of primary amides is 1. The van der Waals surface area contributed by atoms with Gasteiger partial charge in [0.1, 0.15) is 5.75 Å². The average Bonchev–Trinajstić information content (AvgIpc) is 2.67. The highest BCUT2D eigenvalue weighted by Gasteiger charge is 2.25. The lowest BCUT2D eigenvalue weighted by molar-refractivity contribution is -0.384. The second-order valence-corrected chi connectivity index (χ2v) is 6.17. The summed E-state index contributed by atoms with van der Waals surface area (Å²) in [5, 5.41) is 10.6. The quantitative estimate of drug-likeness (QED) is 0.620. The number of ether oxygens (including phenoxy) is 1. The van der Waals surface area contributed by atoms with E-state index in [0.29, 0.717) is 24.3 Å². The van der Waals surface area contributed by atoms with Crippen LogP contribution in [0.15, 0.2) is 42.5 Å². The third kappa shape index (κ3) is 4.05. The molecule has 8 nitrogen and oxygen atoms in total. The fourth-order valence-electron chi connectivity index (χ4n) is 3.17. The van der Waals surface area contributed by atoms with E-state index < -0.39 is 10.8 Å². The van der Waals surface area contributed by atoms with E-state index in [1.54, 1.807) is 17.0 Å². The van der Waals surface area contributed by atoms with Gasteiger partial charge < -0.3 is 15.4 Å². The lowest BCUT2D eigenvalue weighted by Crippen LogP contribution is -2.37.